The van der Waals surface area contributed by atoms with Crippen LogP contribution in [-0.4, -0.2) is 73.7 Å². The van der Waals surface area contributed by atoms with Gasteiger partial charge in [0.15, 0.2) is 0 Å². The molecule has 1 saturated heterocycles. The quantitative estimate of drug-likeness (QED) is 0.473. The normalized spacial score (nSPS) is 21.7. The lowest BCUT2D eigenvalue weighted by Gasteiger charge is -2.29. The molecule has 0 bridgehead atoms. The molecule has 1 unspecified atom stereocenters. The van der Waals surface area contributed by atoms with E-state index in [0.29, 0.717) is 41.7 Å². The summed E-state index contributed by atoms with van der Waals surface area (Å²) in [7, 11) is 2.05. The number of amides is 2. The predicted molar refractivity (Wildman–Crippen MR) is 132 cm³/mol. The molecule has 3 aromatic heterocycles. The zero-order valence-electron chi connectivity index (χ0n) is 19.9. The van der Waals surface area contributed by atoms with E-state index in [-0.39, 0.29) is 18.6 Å². The van der Waals surface area contributed by atoms with Crippen LogP contribution in [0, 0.1) is 23.2 Å². The van der Waals surface area contributed by atoms with E-state index in [1.54, 1.807) is 20.0 Å². The maximum Gasteiger partial charge on any atom is 0.330 e. The summed E-state index contributed by atoms with van der Waals surface area (Å²) >= 11 is 1.05. The molecular weight excluding hydrogens is 468 g/mol. The van der Waals surface area contributed by atoms with Crippen molar-refractivity contribution in [2.24, 2.45) is 11.8 Å². The maximum absolute atomic E-state index is 12.8. The number of urea groups is 1. The number of carbonyl (C=O) groups is 1. The average Bonchev–Trinajstić information content (AvgIpc) is 3.59. The summed E-state index contributed by atoms with van der Waals surface area (Å²) in [6, 6.07) is 4.49. The highest BCUT2D eigenvalue weighted by atomic mass is 32.1. The Hall–Kier alpha value is -3.43. The van der Waals surface area contributed by atoms with E-state index < -0.39 is 5.60 Å². The molecule has 35 heavy (non-hydrogen) atoms. The molecule has 0 aromatic carbocycles. The fourth-order valence-corrected chi connectivity index (χ4v) is 5.63. The summed E-state index contributed by atoms with van der Waals surface area (Å²) in [5.74, 6) is 0.810. The number of hydrogen-bond acceptors (Lipinski definition) is 9. The lowest BCUT2D eigenvalue weighted by Crippen LogP contribution is -2.36. The van der Waals surface area contributed by atoms with Gasteiger partial charge in [0.05, 0.1) is 16.9 Å². The SMILES string of the molecule is CN(c1c(C#N)cnc2[nH]ccc12)C1C[C@@H]2CN(C(=O)Nc3nc(OCC(C)(C)O)ns3)C[C@@H]2C1. The van der Waals surface area contributed by atoms with E-state index in [2.05, 4.69) is 35.6 Å². The first-order valence-corrected chi connectivity index (χ1v) is 12.3. The van der Waals surface area contributed by atoms with Gasteiger partial charge < -0.3 is 24.6 Å². The Balaban J connectivity index is 1.19. The Morgan fingerprint density at radius 1 is 1.43 bits per heavy atom. The highest BCUT2D eigenvalue weighted by molar-refractivity contribution is 7.10. The largest absolute Gasteiger partial charge is 0.460 e. The number of ether oxygens (including phenoxy) is 1. The standard InChI is InChI=1S/C23H28N8O3S/c1-23(2,33)12-34-20-27-21(35-29-20)28-22(32)31-10-13-6-16(7-14(13)11-31)30(3)18-15(8-24)9-26-19-17(18)4-5-25-19/h4-5,9,13-14,16,33H,6-7,10-12H2,1-3H3,(H,25,26)(H,27,28,29,32)/t13-,14+,16?. The van der Waals surface area contributed by atoms with Crippen molar-refractivity contribution in [1.29, 1.82) is 5.26 Å². The first kappa shape index (κ1) is 23.3. The number of rotatable bonds is 6. The van der Waals surface area contributed by atoms with Gasteiger partial charge in [-0.1, -0.05) is 0 Å². The zero-order chi connectivity index (χ0) is 24.7. The number of aliphatic hydroxyl groups is 1. The van der Waals surface area contributed by atoms with Crippen LogP contribution >= 0.6 is 11.5 Å². The third-order valence-corrected chi connectivity index (χ3v) is 7.38. The minimum Gasteiger partial charge on any atom is -0.460 e. The van der Waals surface area contributed by atoms with Gasteiger partial charge in [-0.2, -0.15) is 10.2 Å². The van der Waals surface area contributed by atoms with Crippen LogP contribution in [0.3, 0.4) is 0 Å². The van der Waals surface area contributed by atoms with Crippen LogP contribution in [0.4, 0.5) is 15.6 Å². The number of H-pyrrole nitrogens is 1. The molecule has 12 heteroatoms. The van der Waals surface area contributed by atoms with Crippen molar-refractivity contribution in [2.75, 3.05) is 37.0 Å². The van der Waals surface area contributed by atoms with Crippen molar-refractivity contribution in [1.82, 2.24) is 24.2 Å². The molecule has 5 rings (SSSR count). The summed E-state index contributed by atoms with van der Waals surface area (Å²) in [5.41, 5.74) is 1.27. The number of nitrogens with one attached hydrogen (secondary N) is 2. The lowest BCUT2D eigenvalue weighted by atomic mass is 10.0. The van der Waals surface area contributed by atoms with E-state index in [1.807, 2.05) is 24.2 Å². The van der Waals surface area contributed by atoms with E-state index in [0.717, 1.165) is 41.1 Å². The number of pyridine rings is 1. The summed E-state index contributed by atoms with van der Waals surface area (Å²) in [4.78, 5) is 28.5. The van der Waals surface area contributed by atoms with Gasteiger partial charge >= 0.3 is 12.0 Å². The van der Waals surface area contributed by atoms with E-state index >= 15 is 0 Å². The first-order chi connectivity index (χ1) is 16.7. The van der Waals surface area contributed by atoms with Gasteiger partial charge in [-0.3, -0.25) is 5.32 Å². The van der Waals surface area contributed by atoms with E-state index in [1.165, 1.54) is 0 Å². The highest BCUT2D eigenvalue weighted by Crippen LogP contribution is 2.42. The zero-order valence-corrected chi connectivity index (χ0v) is 20.7. The van der Waals surface area contributed by atoms with Gasteiger partial charge in [-0.05, 0) is 44.6 Å². The molecular formula is C23H28N8O3S. The Kier molecular flexibility index (Phi) is 5.98. The van der Waals surface area contributed by atoms with Crippen LogP contribution in [-0.2, 0) is 0 Å². The van der Waals surface area contributed by atoms with Crippen LogP contribution in [0.15, 0.2) is 18.5 Å². The van der Waals surface area contributed by atoms with Crippen LogP contribution in [0.25, 0.3) is 11.0 Å². The van der Waals surface area contributed by atoms with Crippen molar-refractivity contribution >= 4 is 39.4 Å². The smallest absolute Gasteiger partial charge is 0.330 e. The van der Waals surface area contributed by atoms with Crippen molar-refractivity contribution in [3.63, 3.8) is 0 Å². The molecule has 2 amide bonds. The molecule has 4 heterocycles. The van der Waals surface area contributed by atoms with Gasteiger partial charge in [0.2, 0.25) is 5.13 Å². The van der Waals surface area contributed by atoms with Gasteiger partial charge in [0.25, 0.3) is 0 Å². The summed E-state index contributed by atoms with van der Waals surface area (Å²) in [5, 5.41) is 23.5. The Labute approximate surface area is 206 Å². The van der Waals surface area contributed by atoms with Crippen molar-refractivity contribution in [2.45, 2.75) is 38.3 Å². The fraction of sp³-hybridized carbons (Fsp3) is 0.522. The molecule has 2 fully saturated rings. The Morgan fingerprint density at radius 2 is 2.17 bits per heavy atom. The Bertz CT molecular complexity index is 1260. The summed E-state index contributed by atoms with van der Waals surface area (Å²) < 4.78 is 9.45. The molecule has 184 valence electrons. The number of anilines is 2. The lowest BCUT2D eigenvalue weighted by molar-refractivity contribution is 0.0255. The molecule has 2 aliphatic rings. The third-order valence-electron chi connectivity index (χ3n) is 6.77. The second-order valence-corrected chi connectivity index (χ2v) is 10.7. The third kappa shape index (κ3) is 4.74. The molecule has 11 nitrogen and oxygen atoms in total. The van der Waals surface area contributed by atoms with Crippen molar-refractivity contribution in [3.8, 4) is 12.1 Å². The van der Waals surface area contributed by atoms with Crippen LogP contribution in [0.2, 0.25) is 0 Å². The number of aromatic amines is 1. The highest BCUT2D eigenvalue weighted by Gasteiger charge is 2.44. The summed E-state index contributed by atoms with van der Waals surface area (Å²) in [6.07, 6.45) is 5.38. The van der Waals surface area contributed by atoms with Crippen molar-refractivity contribution in [3.05, 3.63) is 24.0 Å². The monoisotopic (exact) mass is 496 g/mol. The number of fused-ring (bicyclic) bond motifs is 2. The van der Waals surface area contributed by atoms with Gasteiger partial charge in [-0.25, -0.2) is 9.78 Å². The number of carbonyl (C=O) groups excluding carboxylic acids is 1. The van der Waals surface area contributed by atoms with E-state index in [9.17, 15) is 15.2 Å². The molecule has 3 N–H and O–H groups in total. The van der Waals surface area contributed by atoms with Gasteiger partial charge in [0.1, 0.15) is 18.3 Å². The predicted octanol–water partition coefficient (Wildman–Crippen LogP) is 2.81. The number of nitriles is 1. The minimum absolute atomic E-state index is 0.0627. The summed E-state index contributed by atoms with van der Waals surface area (Å²) in [6.45, 7) is 4.70. The number of nitrogens with zero attached hydrogens (tertiary/aromatic N) is 6. The molecule has 1 aliphatic heterocycles. The topological polar surface area (TPSA) is 143 Å². The maximum atomic E-state index is 12.8. The van der Waals surface area contributed by atoms with E-state index in [4.69, 9.17) is 4.74 Å². The molecule has 0 spiro atoms. The molecule has 1 aliphatic carbocycles. The minimum atomic E-state index is -0.991. The molecule has 1 saturated carbocycles. The first-order valence-electron chi connectivity index (χ1n) is 11.6. The van der Waals surface area contributed by atoms with Crippen molar-refractivity contribution < 1.29 is 14.6 Å². The second kappa shape index (κ2) is 8.98. The second-order valence-electron chi connectivity index (χ2n) is 9.95. The van der Waals surface area contributed by atoms with Crippen LogP contribution in [0.1, 0.15) is 32.3 Å². The van der Waals surface area contributed by atoms with Gasteiger partial charge in [0, 0.05) is 55.5 Å². The average molecular weight is 497 g/mol. The fourth-order valence-electron chi connectivity index (χ4n) is 5.12. The van der Waals surface area contributed by atoms with Gasteiger partial charge in [-0.15, -0.1) is 4.37 Å². The molecule has 0 radical (unpaired) electrons. The number of hydrogen-bond donors (Lipinski definition) is 3. The Morgan fingerprint density at radius 3 is 2.86 bits per heavy atom. The van der Waals surface area contributed by atoms with Crippen LogP contribution < -0.4 is 15.0 Å². The number of aromatic nitrogens is 4. The van der Waals surface area contributed by atoms with Crippen LogP contribution in [0.5, 0.6) is 6.01 Å². The molecule has 3 atom stereocenters. The number of likely N-dealkylation sites (tertiary alicyclic amines) is 1. The molecule has 3 aromatic rings.